The van der Waals surface area contributed by atoms with Gasteiger partial charge in [0.05, 0.1) is 0 Å². The molecule has 2 aromatic rings. The van der Waals surface area contributed by atoms with Crippen molar-refractivity contribution in [2.45, 2.75) is 102 Å². The summed E-state index contributed by atoms with van der Waals surface area (Å²) in [5.74, 6) is 0.588. The third kappa shape index (κ3) is 106. The SMILES string of the molecule is CC.CC(C)=O.CCC.CCC(C)=O.CCNC(=O)CC.CCNC(C)=O.c1ccccc1.c1ccccc1. The van der Waals surface area contributed by atoms with E-state index in [-0.39, 0.29) is 23.4 Å². The van der Waals surface area contributed by atoms with Crippen molar-refractivity contribution >= 4 is 23.4 Å². The van der Waals surface area contributed by atoms with E-state index in [1.807, 2.05) is 114 Å². The number of amides is 2. The van der Waals surface area contributed by atoms with Crippen molar-refractivity contribution in [3.8, 4) is 0 Å². The molecule has 0 heterocycles. The highest BCUT2D eigenvalue weighted by atomic mass is 16.2. The minimum atomic E-state index is 0.0394. The molecule has 0 saturated carbocycles. The van der Waals surface area contributed by atoms with E-state index in [0.717, 1.165) is 13.1 Å². The molecule has 0 bridgehead atoms. The summed E-state index contributed by atoms with van der Waals surface area (Å²) in [7, 11) is 0. The topological polar surface area (TPSA) is 92.3 Å². The monoisotopic (exact) mass is 548 g/mol. The van der Waals surface area contributed by atoms with Crippen LogP contribution in [0.15, 0.2) is 72.8 Å². The molecule has 0 saturated heterocycles. The van der Waals surface area contributed by atoms with Gasteiger partial charge in [-0.2, -0.15) is 0 Å². The van der Waals surface area contributed by atoms with Gasteiger partial charge in [0.2, 0.25) is 11.8 Å². The van der Waals surface area contributed by atoms with Crippen LogP contribution >= 0.6 is 0 Å². The fraction of sp³-hybridized carbons (Fsp3) is 0.515. The van der Waals surface area contributed by atoms with E-state index in [1.54, 1.807) is 6.92 Å². The zero-order valence-electron chi connectivity index (χ0n) is 27.1. The van der Waals surface area contributed by atoms with Crippen LogP contribution in [-0.2, 0) is 19.2 Å². The molecule has 0 fully saturated rings. The highest BCUT2D eigenvalue weighted by Gasteiger charge is 1.88. The summed E-state index contributed by atoms with van der Waals surface area (Å²) in [6, 6.07) is 24.0. The summed E-state index contributed by atoms with van der Waals surface area (Å²) in [5.41, 5.74) is 0. The predicted molar refractivity (Wildman–Crippen MR) is 171 cm³/mol. The third-order valence-electron chi connectivity index (χ3n) is 2.95. The molecule has 2 rings (SSSR count). The number of nitrogens with one attached hydrogen (secondary N) is 2. The molecule has 0 aliphatic heterocycles. The van der Waals surface area contributed by atoms with Gasteiger partial charge in [0.25, 0.3) is 0 Å². The van der Waals surface area contributed by atoms with Gasteiger partial charge < -0.3 is 20.2 Å². The zero-order chi connectivity index (χ0) is 31.7. The lowest BCUT2D eigenvalue weighted by Crippen LogP contribution is -2.20. The second-order valence-electron chi connectivity index (χ2n) is 7.37. The summed E-state index contributed by atoms with van der Waals surface area (Å²) >= 11 is 0. The highest BCUT2D eigenvalue weighted by Crippen LogP contribution is 1.80. The number of hydrogen-bond acceptors (Lipinski definition) is 4. The zero-order valence-corrected chi connectivity index (χ0v) is 27.1. The maximum absolute atomic E-state index is 10.3. The first-order valence-electron chi connectivity index (χ1n) is 14.0. The smallest absolute Gasteiger partial charge is 0.219 e. The second-order valence-corrected chi connectivity index (χ2v) is 7.37. The van der Waals surface area contributed by atoms with E-state index >= 15 is 0 Å². The van der Waals surface area contributed by atoms with E-state index in [4.69, 9.17) is 0 Å². The van der Waals surface area contributed by atoms with Crippen molar-refractivity contribution in [3.63, 3.8) is 0 Å². The molecule has 0 aliphatic carbocycles. The fourth-order valence-corrected chi connectivity index (χ4v) is 1.34. The molecule has 2 amide bonds. The highest BCUT2D eigenvalue weighted by molar-refractivity contribution is 5.75. The molecular formula is C33H60N2O4. The molecule has 2 aromatic carbocycles. The molecule has 6 heteroatoms. The van der Waals surface area contributed by atoms with Crippen LogP contribution in [-0.4, -0.2) is 36.5 Å². The molecule has 2 N–H and O–H groups in total. The second kappa shape index (κ2) is 51.4. The quantitative estimate of drug-likeness (QED) is 0.404. The van der Waals surface area contributed by atoms with Gasteiger partial charge >= 0.3 is 0 Å². The number of carbonyl (C=O) groups is 4. The summed E-state index contributed by atoms with van der Waals surface area (Å²) in [6.45, 7) is 23.4. The average Bonchev–Trinajstić information content (AvgIpc) is 2.93. The van der Waals surface area contributed by atoms with Crippen molar-refractivity contribution in [1.82, 2.24) is 10.6 Å². The molecule has 0 radical (unpaired) electrons. The Hall–Kier alpha value is -3.28. The lowest BCUT2D eigenvalue weighted by atomic mass is 10.4. The van der Waals surface area contributed by atoms with Gasteiger partial charge in [0.1, 0.15) is 11.6 Å². The molecule has 0 atom stereocenters. The van der Waals surface area contributed by atoms with Gasteiger partial charge in [-0.15, -0.1) is 0 Å². The number of benzene rings is 2. The summed E-state index contributed by atoms with van der Waals surface area (Å²) in [5, 5.41) is 5.23. The van der Waals surface area contributed by atoms with Gasteiger partial charge in [0.15, 0.2) is 0 Å². The first-order chi connectivity index (χ1) is 18.5. The minimum Gasteiger partial charge on any atom is -0.357 e. The summed E-state index contributed by atoms with van der Waals surface area (Å²) in [6.07, 6.45) is 2.51. The van der Waals surface area contributed by atoms with E-state index < -0.39 is 0 Å². The van der Waals surface area contributed by atoms with Crippen LogP contribution in [0.1, 0.15) is 102 Å². The van der Waals surface area contributed by atoms with Crippen molar-refractivity contribution < 1.29 is 19.2 Å². The van der Waals surface area contributed by atoms with Crippen LogP contribution in [0.3, 0.4) is 0 Å². The first kappa shape index (κ1) is 48.7. The third-order valence-corrected chi connectivity index (χ3v) is 2.95. The van der Waals surface area contributed by atoms with Crippen molar-refractivity contribution in [2.75, 3.05) is 13.1 Å². The largest absolute Gasteiger partial charge is 0.357 e. The summed E-state index contributed by atoms with van der Waals surface area (Å²) in [4.78, 5) is 39.5. The van der Waals surface area contributed by atoms with Crippen LogP contribution in [0.25, 0.3) is 0 Å². The van der Waals surface area contributed by atoms with E-state index in [1.165, 1.54) is 27.2 Å². The van der Waals surface area contributed by atoms with Crippen molar-refractivity contribution in [2.24, 2.45) is 0 Å². The Kier molecular flexibility index (Phi) is 64.2. The van der Waals surface area contributed by atoms with E-state index in [2.05, 4.69) is 24.5 Å². The summed E-state index contributed by atoms with van der Waals surface area (Å²) < 4.78 is 0. The van der Waals surface area contributed by atoms with Crippen LogP contribution in [0.2, 0.25) is 0 Å². The molecular weight excluding hydrogens is 488 g/mol. The maximum atomic E-state index is 10.3. The molecule has 6 nitrogen and oxygen atoms in total. The van der Waals surface area contributed by atoms with Crippen LogP contribution in [0.5, 0.6) is 0 Å². The lowest BCUT2D eigenvalue weighted by Gasteiger charge is -1.93. The van der Waals surface area contributed by atoms with Crippen LogP contribution in [0.4, 0.5) is 0 Å². The Labute approximate surface area is 241 Å². The normalized spacial score (nSPS) is 7.38. The van der Waals surface area contributed by atoms with Gasteiger partial charge in [-0.3, -0.25) is 9.59 Å². The van der Waals surface area contributed by atoms with Gasteiger partial charge in [0, 0.05) is 32.9 Å². The number of hydrogen-bond donors (Lipinski definition) is 2. The van der Waals surface area contributed by atoms with E-state index in [9.17, 15) is 19.2 Å². The Bertz CT molecular complexity index is 617. The molecule has 0 aliphatic rings. The standard InChI is InChI=1S/2C6H6.C5H11NO.C4H9NO.C4H8O.C3H6O.C3H8.C2H6/c2*1-2-4-6-5-3-1;1-3-5(7)6-4-2;1-3-5-4(2)6;1-3-4(2)5;1-3(2)4;1-3-2;1-2/h2*1-6H;3-4H2,1-2H3,(H,6,7);3H2,1-2H3,(H,5,6);3H2,1-2H3;1-2H3;3H2,1-2H3;1-2H3. The number of ketones is 2. The number of rotatable bonds is 4. The molecule has 0 spiro atoms. The predicted octanol–water partition coefficient (Wildman–Crippen LogP) is 8.07. The average molecular weight is 549 g/mol. The fourth-order valence-electron chi connectivity index (χ4n) is 1.34. The Morgan fingerprint density at radius 2 is 0.692 bits per heavy atom. The minimum absolute atomic E-state index is 0.0394. The molecule has 39 heavy (non-hydrogen) atoms. The maximum Gasteiger partial charge on any atom is 0.219 e. The Morgan fingerprint density at radius 1 is 0.487 bits per heavy atom. The van der Waals surface area contributed by atoms with Gasteiger partial charge in [-0.1, -0.05) is 121 Å². The number of carbonyl (C=O) groups excluding carboxylic acids is 4. The molecule has 226 valence electrons. The Balaban J connectivity index is -0.0000000816. The van der Waals surface area contributed by atoms with Crippen molar-refractivity contribution in [3.05, 3.63) is 72.8 Å². The van der Waals surface area contributed by atoms with Gasteiger partial charge in [-0.05, 0) is 34.6 Å². The van der Waals surface area contributed by atoms with Gasteiger partial charge in [-0.25, -0.2) is 0 Å². The molecule has 0 aromatic heterocycles. The Morgan fingerprint density at radius 3 is 0.744 bits per heavy atom. The number of Topliss-reactive ketones (excluding diaryl/α,β-unsaturated/α-hetero) is 2. The van der Waals surface area contributed by atoms with Crippen LogP contribution in [0, 0.1) is 0 Å². The first-order valence-corrected chi connectivity index (χ1v) is 14.0. The lowest BCUT2D eigenvalue weighted by molar-refractivity contribution is -0.121. The van der Waals surface area contributed by atoms with Crippen molar-refractivity contribution in [1.29, 1.82) is 0 Å². The van der Waals surface area contributed by atoms with E-state index in [0.29, 0.717) is 12.8 Å². The molecule has 0 unspecified atom stereocenters. The van der Waals surface area contributed by atoms with Crippen LogP contribution < -0.4 is 10.6 Å².